The van der Waals surface area contributed by atoms with Crippen molar-refractivity contribution in [3.05, 3.63) is 75.3 Å². The van der Waals surface area contributed by atoms with Gasteiger partial charge in [0.2, 0.25) is 0 Å². The monoisotopic (exact) mass is 535 g/mol. The number of aromatic hydroxyl groups is 1. The first-order valence-corrected chi connectivity index (χ1v) is 10.2. The van der Waals surface area contributed by atoms with Gasteiger partial charge in [0.25, 0.3) is 0 Å². The van der Waals surface area contributed by atoms with E-state index in [0.717, 1.165) is 31.7 Å². The lowest BCUT2D eigenvalue weighted by atomic mass is 10.3. The fraction of sp³-hybridized carbons (Fsp3) is 0. The molecule has 0 saturated heterocycles. The average Bonchev–Trinajstić information content (AvgIpc) is 3.29. The normalized spacial score (nSPS) is 10.7. The first-order chi connectivity index (χ1) is 14.0. The summed E-state index contributed by atoms with van der Waals surface area (Å²) in [7, 11) is 0. The Hall–Kier alpha value is -2.69. The number of fused-ring (bicyclic) bond motifs is 2. The van der Waals surface area contributed by atoms with E-state index < -0.39 is 0 Å². The van der Waals surface area contributed by atoms with Gasteiger partial charge in [0, 0.05) is 18.1 Å². The second-order valence-electron chi connectivity index (χ2n) is 5.73. The lowest BCUT2D eigenvalue weighted by Crippen LogP contribution is -2.00. The van der Waals surface area contributed by atoms with Crippen LogP contribution in [0.25, 0.3) is 11.3 Å². The van der Waals surface area contributed by atoms with Crippen LogP contribution in [0.4, 0.5) is 11.5 Å². The fourth-order valence-corrected chi connectivity index (χ4v) is 3.39. The summed E-state index contributed by atoms with van der Waals surface area (Å²) in [5, 5.41) is 21.2. The van der Waals surface area contributed by atoms with Crippen molar-refractivity contribution in [2.75, 3.05) is 5.32 Å². The Morgan fingerprint density at radius 2 is 1.41 bits per heavy atom. The summed E-state index contributed by atoms with van der Waals surface area (Å²) in [5.74, 6) is 1.04. The lowest BCUT2D eigenvalue weighted by molar-refractivity contribution is 0.475. The number of phenols is 1. The molecule has 0 aliphatic carbocycles. The van der Waals surface area contributed by atoms with Crippen molar-refractivity contribution < 1.29 is 5.11 Å². The highest BCUT2D eigenvalue weighted by atomic mass is 79.9. The van der Waals surface area contributed by atoms with Gasteiger partial charge >= 0.3 is 0 Å². The quantitative estimate of drug-likeness (QED) is 0.241. The highest BCUT2D eigenvalue weighted by Gasteiger charge is 2.06. The minimum absolute atomic E-state index is 0.238. The predicted octanol–water partition coefficient (Wildman–Crippen LogP) is 5.09. The number of aromatic nitrogens is 6. The molecule has 0 radical (unpaired) electrons. The molecule has 4 aromatic heterocycles. The molecule has 146 valence electrons. The topological polar surface area (TPSA) is 92.6 Å². The zero-order valence-corrected chi connectivity index (χ0v) is 18.5. The zero-order chi connectivity index (χ0) is 20.4. The Bertz CT molecular complexity index is 1290. The number of anilines is 2. The Morgan fingerprint density at radius 1 is 0.828 bits per heavy atom. The van der Waals surface area contributed by atoms with E-state index in [4.69, 9.17) is 11.6 Å². The lowest BCUT2D eigenvalue weighted by Gasteiger charge is -2.07. The third-order valence-electron chi connectivity index (χ3n) is 3.81. The molecule has 0 atom stereocenters. The molecule has 0 aliphatic rings. The van der Waals surface area contributed by atoms with E-state index in [9.17, 15) is 5.11 Å². The van der Waals surface area contributed by atoms with Crippen LogP contribution in [0, 0.1) is 0 Å². The number of hydrogen-bond donors (Lipinski definition) is 2. The third kappa shape index (κ3) is 4.19. The van der Waals surface area contributed by atoms with E-state index in [1.807, 2.05) is 6.07 Å². The van der Waals surface area contributed by atoms with Crippen LogP contribution >= 0.6 is 43.5 Å². The van der Waals surface area contributed by atoms with Gasteiger partial charge in [-0.2, -0.15) is 14.7 Å². The summed E-state index contributed by atoms with van der Waals surface area (Å²) in [5.41, 5.74) is 2.35. The Morgan fingerprint density at radius 3 is 2.07 bits per heavy atom. The van der Waals surface area contributed by atoms with Gasteiger partial charge in [0.15, 0.2) is 11.3 Å². The highest BCUT2D eigenvalue weighted by Crippen LogP contribution is 2.22. The Kier molecular flexibility index (Phi) is 5.65. The molecule has 0 unspecified atom stereocenters. The Balaban J connectivity index is 0.000000159. The molecule has 0 amide bonds. The van der Waals surface area contributed by atoms with Gasteiger partial charge in [-0.1, -0.05) is 11.6 Å². The van der Waals surface area contributed by atoms with Gasteiger partial charge in [-0.15, -0.1) is 0 Å². The van der Waals surface area contributed by atoms with Crippen LogP contribution in [0.1, 0.15) is 0 Å². The molecule has 0 aliphatic heterocycles. The maximum Gasteiger partial charge on any atom is 0.171 e. The van der Waals surface area contributed by atoms with E-state index in [1.54, 1.807) is 64.2 Å². The van der Waals surface area contributed by atoms with Crippen molar-refractivity contribution >= 4 is 66.3 Å². The molecular weight excluding hydrogens is 526 g/mol. The highest BCUT2D eigenvalue weighted by molar-refractivity contribution is 9.11. The van der Waals surface area contributed by atoms with E-state index in [-0.39, 0.29) is 5.75 Å². The molecule has 4 heterocycles. The van der Waals surface area contributed by atoms with Crippen molar-refractivity contribution in [3.8, 4) is 5.75 Å². The molecule has 0 bridgehead atoms. The van der Waals surface area contributed by atoms with Gasteiger partial charge in [-0.05, 0) is 68.3 Å². The first kappa shape index (κ1) is 19.6. The van der Waals surface area contributed by atoms with Crippen LogP contribution in [0.2, 0.25) is 5.15 Å². The van der Waals surface area contributed by atoms with Gasteiger partial charge in [-0.3, -0.25) is 0 Å². The average molecular weight is 538 g/mol. The molecule has 0 fully saturated rings. The van der Waals surface area contributed by atoms with Gasteiger partial charge in [0.05, 0.1) is 21.3 Å². The second kappa shape index (κ2) is 8.36. The molecule has 11 heteroatoms. The van der Waals surface area contributed by atoms with E-state index >= 15 is 0 Å². The van der Waals surface area contributed by atoms with E-state index in [1.165, 1.54) is 0 Å². The third-order valence-corrected chi connectivity index (χ3v) is 5.21. The van der Waals surface area contributed by atoms with Crippen LogP contribution in [0.3, 0.4) is 0 Å². The maximum absolute atomic E-state index is 9.24. The maximum atomic E-state index is 9.24. The molecule has 1 aromatic carbocycles. The summed E-state index contributed by atoms with van der Waals surface area (Å²) < 4.78 is 4.96. The number of nitrogens with one attached hydrogen (secondary N) is 1. The van der Waals surface area contributed by atoms with Crippen molar-refractivity contribution in [2.24, 2.45) is 0 Å². The molecule has 8 nitrogen and oxygen atoms in total. The molecule has 5 rings (SSSR count). The minimum atomic E-state index is 0.238. The first-order valence-electron chi connectivity index (χ1n) is 8.21. The summed E-state index contributed by atoms with van der Waals surface area (Å²) >= 11 is 12.5. The van der Waals surface area contributed by atoms with Crippen molar-refractivity contribution in [1.82, 2.24) is 29.2 Å². The van der Waals surface area contributed by atoms with E-state index in [0.29, 0.717) is 5.15 Å². The fourth-order valence-electron chi connectivity index (χ4n) is 2.49. The number of phenolic OH excluding ortho intramolecular Hbond substituents is 1. The standard InChI is InChI=1S/C12H9BrN4O.C6H3BrClN3/c13-10-7-15-17-11(5-6-14-12(10)17)16-8-1-3-9(18)4-2-8;7-4-3-10-11-5(8)1-2-9-6(4)11/h1-7,16,18H;1-3H. The van der Waals surface area contributed by atoms with Crippen molar-refractivity contribution in [1.29, 1.82) is 0 Å². The van der Waals surface area contributed by atoms with Crippen LogP contribution in [0.5, 0.6) is 5.75 Å². The van der Waals surface area contributed by atoms with Crippen molar-refractivity contribution in [2.45, 2.75) is 0 Å². The molecule has 0 saturated carbocycles. The summed E-state index contributed by atoms with van der Waals surface area (Å²) in [6.07, 6.45) is 6.72. The van der Waals surface area contributed by atoms with Crippen LogP contribution in [-0.4, -0.2) is 34.3 Å². The second-order valence-corrected chi connectivity index (χ2v) is 7.82. The summed E-state index contributed by atoms with van der Waals surface area (Å²) in [6.45, 7) is 0. The number of nitrogens with zero attached hydrogens (tertiary/aromatic N) is 6. The minimum Gasteiger partial charge on any atom is -0.508 e. The predicted molar refractivity (Wildman–Crippen MR) is 118 cm³/mol. The van der Waals surface area contributed by atoms with Gasteiger partial charge in [-0.25, -0.2) is 14.5 Å². The van der Waals surface area contributed by atoms with E-state index in [2.05, 4.69) is 57.3 Å². The molecule has 0 spiro atoms. The number of benzene rings is 1. The molecule has 5 aromatic rings. The van der Waals surface area contributed by atoms with Crippen molar-refractivity contribution in [3.63, 3.8) is 0 Å². The summed E-state index contributed by atoms with van der Waals surface area (Å²) in [4.78, 5) is 8.30. The van der Waals surface area contributed by atoms with Crippen LogP contribution < -0.4 is 5.32 Å². The largest absolute Gasteiger partial charge is 0.508 e. The SMILES string of the molecule is Clc1ccnc2c(Br)cnn12.Oc1ccc(Nc2ccnc3c(Br)cnn23)cc1. The number of hydrogen-bond acceptors (Lipinski definition) is 6. The molecular formula is C18H12Br2ClN7O. The zero-order valence-electron chi connectivity index (χ0n) is 14.5. The summed E-state index contributed by atoms with van der Waals surface area (Å²) in [6, 6.07) is 10.4. The molecule has 29 heavy (non-hydrogen) atoms. The number of rotatable bonds is 2. The molecule has 2 N–H and O–H groups in total. The van der Waals surface area contributed by atoms with Crippen LogP contribution in [0.15, 0.2) is 70.1 Å². The van der Waals surface area contributed by atoms with Crippen LogP contribution in [-0.2, 0) is 0 Å². The Labute approximate surface area is 186 Å². The van der Waals surface area contributed by atoms with Gasteiger partial charge < -0.3 is 10.4 Å². The smallest absolute Gasteiger partial charge is 0.171 e. The van der Waals surface area contributed by atoms with Gasteiger partial charge in [0.1, 0.15) is 16.7 Å². The number of halogens is 3.